The van der Waals surface area contributed by atoms with Crippen molar-refractivity contribution in [3.8, 4) is 0 Å². The largest absolute Gasteiger partial charge is 0.351 e. The summed E-state index contributed by atoms with van der Waals surface area (Å²) in [5.74, 6) is -0.176. The van der Waals surface area contributed by atoms with Crippen LogP contribution in [-0.2, 0) is 0 Å². The number of nitrogens with one attached hydrogen (secondary N) is 2. The van der Waals surface area contributed by atoms with Crippen LogP contribution in [0.3, 0.4) is 0 Å². The fraction of sp³-hybridized carbons (Fsp3) is 0.385. The quantitative estimate of drug-likeness (QED) is 0.729. The minimum atomic E-state index is -0.176. The number of nitrogens with two attached hydrogens (primary N) is 1. The monoisotopic (exact) mass is 262 g/mol. The van der Waals surface area contributed by atoms with Crippen LogP contribution in [0.1, 0.15) is 16.8 Å². The van der Waals surface area contributed by atoms with Crippen LogP contribution in [0.2, 0.25) is 0 Å². The van der Waals surface area contributed by atoms with Gasteiger partial charge in [-0.05, 0) is 24.6 Å². The van der Waals surface area contributed by atoms with Gasteiger partial charge in [-0.25, -0.2) is 4.79 Å². The second-order valence-electron chi connectivity index (χ2n) is 4.33. The van der Waals surface area contributed by atoms with Gasteiger partial charge >= 0.3 is 6.03 Å². The Balaban J connectivity index is 2.14. The predicted molar refractivity (Wildman–Crippen MR) is 73.2 cm³/mol. The molecule has 1 fully saturated rings. The summed E-state index contributed by atoms with van der Waals surface area (Å²) in [6.07, 6.45) is 0.898. The molecule has 1 saturated heterocycles. The number of carbonyl (C=O) groups excluding carboxylic acids is 2. The van der Waals surface area contributed by atoms with Crippen molar-refractivity contribution < 1.29 is 9.59 Å². The number of hydrogen-bond acceptors (Lipinski definition) is 3. The Kier molecular flexibility index (Phi) is 4.35. The number of carbonyl (C=O) groups is 2. The third kappa shape index (κ3) is 3.23. The van der Waals surface area contributed by atoms with Gasteiger partial charge in [0, 0.05) is 37.4 Å². The highest BCUT2D eigenvalue weighted by Gasteiger charge is 2.19. The van der Waals surface area contributed by atoms with Gasteiger partial charge in [-0.15, -0.1) is 0 Å². The predicted octanol–water partition coefficient (Wildman–Crippen LogP) is 0.295. The lowest BCUT2D eigenvalue weighted by Gasteiger charge is -2.27. The van der Waals surface area contributed by atoms with E-state index in [1.165, 1.54) is 0 Å². The highest BCUT2D eigenvalue weighted by molar-refractivity contribution is 5.97. The van der Waals surface area contributed by atoms with Gasteiger partial charge in [0.1, 0.15) is 0 Å². The van der Waals surface area contributed by atoms with Crippen molar-refractivity contribution in [2.24, 2.45) is 5.73 Å². The van der Waals surface area contributed by atoms with Crippen LogP contribution >= 0.6 is 0 Å². The van der Waals surface area contributed by atoms with Crippen LogP contribution < -0.4 is 21.3 Å². The number of anilines is 1. The molecule has 4 N–H and O–H groups in total. The van der Waals surface area contributed by atoms with Gasteiger partial charge in [-0.3, -0.25) is 9.69 Å². The molecule has 0 atom stereocenters. The first-order valence-corrected chi connectivity index (χ1v) is 6.36. The number of amides is 3. The molecule has 1 heterocycles. The van der Waals surface area contributed by atoms with Crippen molar-refractivity contribution in [2.75, 3.05) is 31.1 Å². The lowest BCUT2D eigenvalue weighted by molar-refractivity contribution is 0.0954. The average Bonchev–Trinajstić information content (AvgIpc) is 2.45. The molecule has 3 amide bonds. The fourth-order valence-corrected chi connectivity index (χ4v) is 1.98. The summed E-state index contributed by atoms with van der Waals surface area (Å²) in [6.45, 7) is 2.21. The number of urea groups is 1. The first-order valence-electron chi connectivity index (χ1n) is 6.36. The zero-order chi connectivity index (χ0) is 13.7. The molecule has 0 unspecified atom stereocenters. The topological polar surface area (TPSA) is 87.5 Å². The first kappa shape index (κ1) is 13.4. The van der Waals surface area contributed by atoms with E-state index in [1.807, 2.05) is 6.07 Å². The number of nitrogens with zero attached hydrogens (tertiary/aromatic N) is 1. The van der Waals surface area contributed by atoms with E-state index in [2.05, 4.69) is 10.6 Å². The Hall–Kier alpha value is -2.08. The van der Waals surface area contributed by atoms with Crippen molar-refractivity contribution in [3.63, 3.8) is 0 Å². The minimum absolute atomic E-state index is 0.120. The summed E-state index contributed by atoms with van der Waals surface area (Å²) < 4.78 is 0. The van der Waals surface area contributed by atoms with E-state index in [0.717, 1.165) is 12.1 Å². The summed E-state index contributed by atoms with van der Waals surface area (Å²) >= 11 is 0. The molecule has 102 valence electrons. The maximum Gasteiger partial charge on any atom is 0.321 e. The smallest absolute Gasteiger partial charge is 0.321 e. The third-order valence-electron chi connectivity index (χ3n) is 2.93. The second kappa shape index (κ2) is 6.19. The Labute approximate surface area is 112 Å². The van der Waals surface area contributed by atoms with Gasteiger partial charge in [0.25, 0.3) is 5.91 Å². The molecule has 0 aromatic heterocycles. The number of benzene rings is 1. The van der Waals surface area contributed by atoms with E-state index >= 15 is 0 Å². The molecule has 1 aromatic carbocycles. The molecule has 0 bridgehead atoms. The standard InChI is InChI=1S/C13H18N4O2/c14-5-7-15-12(18)10-3-1-4-11(9-10)17-8-2-6-16-13(17)19/h1,3-4,9H,2,5-8,14H2,(H,15,18)(H,16,19). The Morgan fingerprint density at radius 3 is 3.05 bits per heavy atom. The molecule has 0 radical (unpaired) electrons. The highest BCUT2D eigenvalue weighted by Crippen LogP contribution is 2.18. The molecule has 0 saturated carbocycles. The molecule has 0 aliphatic carbocycles. The summed E-state index contributed by atoms with van der Waals surface area (Å²) in [6, 6.07) is 6.92. The summed E-state index contributed by atoms with van der Waals surface area (Å²) in [5.41, 5.74) is 6.61. The molecule has 19 heavy (non-hydrogen) atoms. The van der Waals surface area contributed by atoms with Gasteiger partial charge in [0.2, 0.25) is 0 Å². The van der Waals surface area contributed by atoms with Crippen LogP contribution in [0, 0.1) is 0 Å². The molecular formula is C13H18N4O2. The van der Waals surface area contributed by atoms with E-state index in [4.69, 9.17) is 5.73 Å². The van der Waals surface area contributed by atoms with Gasteiger partial charge < -0.3 is 16.4 Å². The van der Waals surface area contributed by atoms with Gasteiger partial charge in [0.05, 0.1) is 0 Å². The third-order valence-corrected chi connectivity index (χ3v) is 2.93. The van der Waals surface area contributed by atoms with Crippen molar-refractivity contribution in [2.45, 2.75) is 6.42 Å². The zero-order valence-electron chi connectivity index (χ0n) is 10.7. The minimum Gasteiger partial charge on any atom is -0.351 e. The van der Waals surface area contributed by atoms with E-state index < -0.39 is 0 Å². The molecule has 1 aromatic rings. The van der Waals surface area contributed by atoms with Crippen LogP contribution in [-0.4, -0.2) is 38.1 Å². The normalized spacial score (nSPS) is 15.0. The Morgan fingerprint density at radius 1 is 1.47 bits per heavy atom. The van der Waals surface area contributed by atoms with E-state index in [1.54, 1.807) is 23.1 Å². The molecule has 6 heteroatoms. The molecule has 6 nitrogen and oxygen atoms in total. The van der Waals surface area contributed by atoms with Crippen molar-refractivity contribution in [1.82, 2.24) is 10.6 Å². The summed E-state index contributed by atoms with van der Waals surface area (Å²) in [4.78, 5) is 25.2. The average molecular weight is 262 g/mol. The molecule has 2 rings (SSSR count). The maximum atomic E-state index is 11.8. The van der Waals surface area contributed by atoms with Crippen molar-refractivity contribution in [3.05, 3.63) is 29.8 Å². The Bertz CT molecular complexity index is 475. The number of rotatable bonds is 4. The van der Waals surface area contributed by atoms with Crippen LogP contribution in [0.5, 0.6) is 0 Å². The van der Waals surface area contributed by atoms with E-state index in [9.17, 15) is 9.59 Å². The van der Waals surface area contributed by atoms with Crippen molar-refractivity contribution >= 4 is 17.6 Å². The first-order chi connectivity index (χ1) is 9.22. The fourth-order valence-electron chi connectivity index (χ4n) is 1.98. The highest BCUT2D eigenvalue weighted by atomic mass is 16.2. The SMILES string of the molecule is NCCNC(=O)c1cccc(N2CCCNC2=O)c1. The molecule has 0 spiro atoms. The number of hydrogen-bond donors (Lipinski definition) is 3. The van der Waals surface area contributed by atoms with Crippen LogP contribution in [0.25, 0.3) is 0 Å². The molecule has 1 aliphatic rings. The Morgan fingerprint density at radius 2 is 2.32 bits per heavy atom. The molecular weight excluding hydrogens is 244 g/mol. The second-order valence-corrected chi connectivity index (χ2v) is 4.33. The lowest BCUT2D eigenvalue weighted by Crippen LogP contribution is -2.46. The zero-order valence-corrected chi connectivity index (χ0v) is 10.7. The van der Waals surface area contributed by atoms with Gasteiger partial charge in [-0.2, -0.15) is 0 Å². The summed E-state index contributed by atoms with van der Waals surface area (Å²) in [5, 5.41) is 5.49. The van der Waals surface area contributed by atoms with E-state index in [-0.39, 0.29) is 11.9 Å². The van der Waals surface area contributed by atoms with Gasteiger partial charge in [-0.1, -0.05) is 6.07 Å². The van der Waals surface area contributed by atoms with Gasteiger partial charge in [0.15, 0.2) is 0 Å². The maximum absolute atomic E-state index is 11.8. The van der Waals surface area contributed by atoms with Crippen molar-refractivity contribution in [1.29, 1.82) is 0 Å². The van der Waals surface area contributed by atoms with E-state index in [0.29, 0.717) is 31.7 Å². The summed E-state index contributed by atoms with van der Waals surface area (Å²) in [7, 11) is 0. The lowest BCUT2D eigenvalue weighted by atomic mass is 10.1. The van der Waals surface area contributed by atoms with Crippen LogP contribution in [0.4, 0.5) is 10.5 Å². The molecule has 1 aliphatic heterocycles. The van der Waals surface area contributed by atoms with Crippen LogP contribution in [0.15, 0.2) is 24.3 Å².